The van der Waals surface area contributed by atoms with Crippen molar-refractivity contribution in [2.45, 2.75) is 31.4 Å². The first-order chi connectivity index (χ1) is 12.4. The molecule has 2 N–H and O–H groups in total. The fourth-order valence-electron chi connectivity index (χ4n) is 4.37. The van der Waals surface area contributed by atoms with Crippen LogP contribution in [0.25, 0.3) is 5.52 Å². The average molecular weight is 373 g/mol. The van der Waals surface area contributed by atoms with Crippen LogP contribution in [0.3, 0.4) is 0 Å². The smallest absolute Gasteiger partial charge is 0.273 e. The van der Waals surface area contributed by atoms with E-state index in [4.69, 9.17) is 16.1 Å². The molecule has 5 rings (SSSR count). The summed E-state index contributed by atoms with van der Waals surface area (Å²) >= 11 is 6.20. The van der Waals surface area contributed by atoms with E-state index in [0.717, 1.165) is 11.1 Å². The first-order valence-corrected chi connectivity index (χ1v) is 8.91. The number of carbonyl (C=O) groups excluding carboxylic acids is 1. The summed E-state index contributed by atoms with van der Waals surface area (Å²) in [4.78, 5) is 16.4. The van der Waals surface area contributed by atoms with Crippen LogP contribution in [0.5, 0.6) is 0 Å². The Kier molecular flexibility index (Phi) is 3.24. The maximum absolute atomic E-state index is 12.2. The number of nitrogens with zero attached hydrogens (tertiary/aromatic N) is 3. The Morgan fingerprint density at radius 3 is 2.88 bits per heavy atom. The molecule has 0 aromatic carbocycles. The second-order valence-electron chi connectivity index (χ2n) is 7.35. The van der Waals surface area contributed by atoms with Crippen molar-refractivity contribution < 1.29 is 14.4 Å². The normalized spacial score (nSPS) is 29.7. The summed E-state index contributed by atoms with van der Waals surface area (Å²) in [7, 11) is 0. The van der Waals surface area contributed by atoms with Gasteiger partial charge in [-0.3, -0.25) is 4.79 Å². The highest BCUT2D eigenvalue weighted by Crippen LogP contribution is 2.60. The molecule has 3 heterocycles. The van der Waals surface area contributed by atoms with Crippen molar-refractivity contribution in [3.05, 3.63) is 52.9 Å². The Morgan fingerprint density at radius 2 is 2.19 bits per heavy atom. The lowest BCUT2D eigenvalue weighted by Gasteiger charge is -2.27. The van der Waals surface area contributed by atoms with E-state index in [0.29, 0.717) is 29.3 Å². The summed E-state index contributed by atoms with van der Waals surface area (Å²) in [5.74, 6) is 0.870. The van der Waals surface area contributed by atoms with Crippen LogP contribution in [0.4, 0.5) is 0 Å². The molecular formula is C18H17ClN4O3. The molecule has 8 heteroatoms. The van der Waals surface area contributed by atoms with Crippen LogP contribution in [0, 0.1) is 18.8 Å². The summed E-state index contributed by atoms with van der Waals surface area (Å²) in [6, 6.07) is 3.50. The fourth-order valence-corrected chi connectivity index (χ4v) is 4.58. The number of carbonyl (C=O) groups is 1. The molecule has 0 saturated heterocycles. The van der Waals surface area contributed by atoms with E-state index >= 15 is 0 Å². The molecule has 0 unspecified atom stereocenters. The summed E-state index contributed by atoms with van der Waals surface area (Å²) in [5, 5.41) is 18.5. The summed E-state index contributed by atoms with van der Waals surface area (Å²) in [6.45, 7) is 1.75. The van der Waals surface area contributed by atoms with Crippen LogP contribution in [-0.4, -0.2) is 31.6 Å². The molecule has 7 nitrogen and oxygen atoms in total. The fraction of sp³-hybridized carbons (Fsp3) is 0.389. The number of imidazole rings is 1. The third-order valence-electron chi connectivity index (χ3n) is 5.62. The zero-order valence-corrected chi connectivity index (χ0v) is 14.8. The predicted molar refractivity (Wildman–Crippen MR) is 92.8 cm³/mol. The van der Waals surface area contributed by atoms with Gasteiger partial charge >= 0.3 is 0 Å². The first kappa shape index (κ1) is 15.8. The van der Waals surface area contributed by atoms with Gasteiger partial charge in [0.1, 0.15) is 5.76 Å². The number of pyridine rings is 1. The molecule has 26 heavy (non-hydrogen) atoms. The molecule has 4 atom stereocenters. The Labute approximate surface area is 154 Å². The van der Waals surface area contributed by atoms with Gasteiger partial charge < -0.3 is 19.3 Å². The van der Waals surface area contributed by atoms with Crippen LogP contribution in [0.15, 0.2) is 35.4 Å². The number of amides is 1. The first-order valence-electron chi connectivity index (χ1n) is 8.53. The van der Waals surface area contributed by atoms with Crippen LogP contribution in [-0.2, 0) is 5.60 Å². The molecule has 0 radical (unpaired) electrons. The molecule has 2 fully saturated rings. The van der Waals surface area contributed by atoms with Crippen molar-refractivity contribution in [2.24, 2.45) is 11.8 Å². The topological polar surface area (TPSA) is 92.7 Å². The SMILES string of the molecule is Cc1cc(C(=O)N[C@@H]2[C@@H]3C[C@@](O)(c4cc(Cl)cn5cncc45)C[C@@H]32)no1. The highest BCUT2D eigenvalue weighted by Gasteiger charge is 2.62. The third kappa shape index (κ3) is 2.34. The highest BCUT2D eigenvalue weighted by atomic mass is 35.5. The molecule has 0 aliphatic heterocycles. The Morgan fingerprint density at radius 1 is 1.42 bits per heavy atom. The monoisotopic (exact) mass is 372 g/mol. The number of fused-ring (bicyclic) bond motifs is 2. The lowest BCUT2D eigenvalue weighted by Crippen LogP contribution is -2.33. The lowest BCUT2D eigenvalue weighted by molar-refractivity contribution is 0.0289. The van der Waals surface area contributed by atoms with Gasteiger partial charge in [0.2, 0.25) is 0 Å². The summed E-state index contributed by atoms with van der Waals surface area (Å²) in [5.41, 5.74) is 0.995. The molecular weight excluding hydrogens is 356 g/mol. The zero-order valence-electron chi connectivity index (χ0n) is 14.0. The van der Waals surface area contributed by atoms with Gasteiger partial charge in [-0.1, -0.05) is 16.8 Å². The van der Waals surface area contributed by atoms with Gasteiger partial charge in [0, 0.05) is 23.9 Å². The molecule has 2 aliphatic rings. The molecule has 3 aromatic rings. The lowest BCUT2D eigenvalue weighted by atomic mass is 9.88. The minimum absolute atomic E-state index is 0.0693. The van der Waals surface area contributed by atoms with E-state index in [9.17, 15) is 9.90 Å². The zero-order chi connectivity index (χ0) is 18.1. The van der Waals surface area contributed by atoms with Gasteiger partial charge in [0.25, 0.3) is 5.91 Å². The number of aliphatic hydroxyl groups is 1. The average Bonchev–Trinajstić information content (AvgIpc) is 3.06. The van der Waals surface area contributed by atoms with Crippen LogP contribution in [0.1, 0.15) is 34.7 Å². The number of hydrogen-bond acceptors (Lipinski definition) is 5. The van der Waals surface area contributed by atoms with E-state index in [1.807, 2.05) is 10.5 Å². The summed E-state index contributed by atoms with van der Waals surface area (Å²) in [6.07, 6.45) is 6.35. The van der Waals surface area contributed by atoms with Gasteiger partial charge in [0.05, 0.1) is 28.7 Å². The number of aryl methyl sites for hydroxylation is 1. The second kappa shape index (κ2) is 5.31. The summed E-state index contributed by atoms with van der Waals surface area (Å²) < 4.78 is 6.77. The number of aromatic nitrogens is 3. The number of halogens is 1. The minimum atomic E-state index is -0.951. The predicted octanol–water partition coefficient (Wildman–Crippen LogP) is 2.31. The second-order valence-corrected chi connectivity index (χ2v) is 7.78. The highest BCUT2D eigenvalue weighted by molar-refractivity contribution is 6.30. The van der Waals surface area contributed by atoms with Crippen molar-refractivity contribution in [3.8, 4) is 0 Å². The van der Waals surface area contributed by atoms with Crippen LogP contribution < -0.4 is 5.32 Å². The van der Waals surface area contributed by atoms with E-state index in [1.54, 1.807) is 31.7 Å². The van der Waals surface area contributed by atoms with Gasteiger partial charge in [-0.2, -0.15) is 0 Å². The Hall–Kier alpha value is -2.38. The van der Waals surface area contributed by atoms with E-state index < -0.39 is 5.60 Å². The van der Waals surface area contributed by atoms with Gasteiger partial charge in [-0.05, 0) is 37.7 Å². The minimum Gasteiger partial charge on any atom is -0.385 e. The molecule has 0 spiro atoms. The molecule has 3 aromatic heterocycles. The quantitative estimate of drug-likeness (QED) is 0.736. The van der Waals surface area contributed by atoms with Crippen LogP contribution >= 0.6 is 11.6 Å². The van der Waals surface area contributed by atoms with Crippen molar-refractivity contribution in [1.29, 1.82) is 0 Å². The number of hydrogen-bond donors (Lipinski definition) is 2. The van der Waals surface area contributed by atoms with E-state index in [2.05, 4.69) is 15.5 Å². The van der Waals surface area contributed by atoms with Crippen molar-refractivity contribution in [2.75, 3.05) is 0 Å². The third-order valence-corrected chi connectivity index (χ3v) is 5.83. The van der Waals surface area contributed by atoms with Gasteiger partial charge in [0.15, 0.2) is 5.69 Å². The number of nitrogens with one attached hydrogen (secondary N) is 1. The van der Waals surface area contributed by atoms with Crippen molar-refractivity contribution in [3.63, 3.8) is 0 Å². The maximum Gasteiger partial charge on any atom is 0.273 e. The van der Waals surface area contributed by atoms with Gasteiger partial charge in [-0.25, -0.2) is 4.98 Å². The standard InChI is InChI=1S/C18H17ClN4O3/c1-9-2-14(22-26-9)17(24)21-16-11-4-18(25,5-12(11)16)13-3-10(19)7-23-8-20-6-15(13)23/h2-3,6-8,11-12,16,25H,4-5H2,1H3,(H,21,24)/t11-,12+,16-,18+. The van der Waals surface area contributed by atoms with E-state index in [1.165, 1.54) is 0 Å². The van der Waals surface area contributed by atoms with Gasteiger partial charge in [-0.15, -0.1) is 0 Å². The molecule has 0 bridgehead atoms. The maximum atomic E-state index is 12.2. The Balaban J connectivity index is 1.33. The van der Waals surface area contributed by atoms with Crippen molar-refractivity contribution in [1.82, 2.24) is 19.9 Å². The molecule has 2 aliphatic carbocycles. The molecule has 2 saturated carbocycles. The largest absolute Gasteiger partial charge is 0.385 e. The number of rotatable bonds is 3. The molecule has 1 amide bonds. The molecule has 134 valence electrons. The van der Waals surface area contributed by atoms with Crippen molar-refractivity contribution >= 4 is 23.0 Å². The van der Waals surface area contributed by atoms with E-state index in [-0.39, 0.29) is 23.8 Å². The Bertz CT molecular complexity index is 1010. The van der Waals surface area contributed by atoms with Crippen LogP contribution in [0.2, 0.25) is 5.02 Å².